The number of H-pyrrole nitrogens is 1. The van der Waals surface area contributed by atoms with E-state index >= 15 is 0 Å². The first kappa shape index (κ1) is 9.60. The maximum Gasteiger partial charge on any atom is 0.147 e. The van der Waals surface area contributed by atoms with E-state index in [1.807, 2.05) is 12.1 Å². The van der Waals surface area contributed by atoms with Crippen molar-refractivity contribution in [2.75, 3.05) is 0 Å². The Hall–Kier alpha value is -1.61. The van der Waals surface area contributed by atoms with E-state index in [9.17, 15) is 4.79 Å². The van der Waals surface area contributed by atoms with Crippen LogP contribution < -0.4 is 5.32 Å². The van der Waals surface area contributed by atoms with Gasteiger partial charge >= 0.3 is 0 Å². The highest BCUT2D eigenvalue weighted by molar-refractivity contribution is 5.87. The Kier molecular flexibility index (Phi) is 2.07. The van der Waals surface area contributed by atoms with Gasteiger partial charge in [-0.1, -0.05) is 18.2 Å². The predicted octanol–water partition coefficient (Wildman–Crippen LogP) is 1.77. The second-order valence-corrected chi connectivity index (χ2v) is 4.38. The molecule has 1 aromatic carbocycles. The Morgan fingerprint density at radius 2 is 2.19 bits per heavy atom. The van der Waals surface area contributed by atoms with Gasteiger partial charge in [-0.2, -0.15) is 0 Å². The van der Waals surface area contributed by atoms with E-state index in [4.69, 9.17) is 0 Å². The second kappa shape index (κ2) is 3.46. The molecule has 16 heavy (non-hydrogen) atoms. The monoisotopic (exact) mass is 214 g/mol. The quantitative estimate of drug-likeness (QED) is 0.760. The zero-order chi connectivity index (χ0) is 11.1. The maximum atomic E-state index is 11.4. The Balaban J connectivity index is 2.11. The lowest BCUT2D eigenvalue weighted by Gasteiger charge is -2.21. The summed E-state index contributed by atoms with van der Waals surface area (Å²) in [6.45, 7) is 2.41. The molecule has 2 aromatic rings. The third-order valence-corrected chi connectivity index (χ3v) is 3.33. The lowest BCUT2D eigenvalue weighted by atomic mass is 9.96. The van der Waals surface area contributed by atoms with Gasteiger partial charge in [0.1, 0.15) is 5.78 Å². The first-order chi connectivity index (χ1) is 7.75. The van der Waals surface area contributed by atoms with Crippen LogP contribution in [0.25, 0.3) is 10.9 Å². The van der Waals surface area contributed by atoms with Gasteiger partial charge < -0.3 is 10.3 Å². The molecular weight excluding hydrogens is 200 g/mol. The van der Waals surface area contributed by atoms with Gasteiger partial charge in [-0.15, -0.1) is 0 Å². The van der Waals surface area contributed by atoms with Gasteiger partial charge in [0.2, 0.25) is 0 Å². The normalized spacial score (nSPS) is 19.7. The summed E-state index contributed by atoms with van der Waals surface area (Å²) in [7, 11) is 0. The molecule has 1 aromatic heterocycles. The molecule has 0 amide bonds. The predicted molar refractivity (Wildman–Crippen MR) is 63.3 cm³/mol. The van der Waals surface area contributed by atoms with Gasteiger partial charge in [-0.05, 0) is 25.0 Å². The standard InChI is InChI=1S/C13H14N2O/c1-8(16)12-6-10-9-4-2-3-5-11(9)15-13(10)7-14-12/h2-5,12,14-15H,6-7H2,1H3/t12-/m0/s1. The summed E-state index contributed by atoms with van der Waals surface area (Å²) in [5.41, 5.74) is 3.69. The number of para-hydroxylation sites is 1. The molecule has 0 spiro atoms. The van der Waals surface area contributed by atoms with E-state index in [-0.39, 0.29) is 11.8 Å². The van der Waals surface area contributed by atoms with Crippen LogP contribution in [0.5, 0.6) is 0 Å². The Morgan fingerprint density at radius 1 is 1.38 bits per heavy atom. The number of ketones is 1. The zero-order valence-corrected chi connectivity index (χ0v) is 9.21. The largest absolute Gasteiger partial charge is 0.357 e. The van der Waals surface area contributed by atoms with Gasteiger partial charge in [0.05, 0.1) is 6.04 Å². The molecule has 0 bridgehead atoms. The molecule has 2 heterocycles. The molecule has 0 aliphatic carbocycles. The maximum absolute atomic E-state index is 11.4. The van der Waals surface area contributed by atoms with Crippen LogP contribution in [0.2, 0.25) is 0 Å². The van der Waals surface area contributed by atoms with E-state index in [1.54, 1.807) is 6.92 Å². The number of carbonyl (C=O) groups excluding carboxylic acids is 1. The van der Waals surface area contributed by atoms with E-state index < -0.39 is 0 Å². The van der Waals surface area contributed by atoms with Crippen LogP contribution >= 0.6 is 0 Å². The van der Waals surface area contributed by atoms with Crippen LogP contribution in [-0.4, -0.2) is 16.8 Å². The lowest BCUT2D eigenvalue weighted by Crippen LogP contribution is -2.40. The molecule has 1 aliphatic rings. The third-order valence-electron chi connectivity index (χ3n) is 3.33. The average Bonchev–Trinajstić information content (AvgIpc) is 2.66. The number of aromatic nitrogens is 1. The van der Waals surface area contributed by atoms with E-state index in [0.29, 0.717) is 0 Å². The summed E-state index contributed by atoms with van der Waals surface area (Å²) in [6.07, 6.45) is 0.800. The number of aromatic amines is 1. The number of carbonyl (C=O) groups is 1. The zero-order valence-electron chi connectivity index (χ0n) is 9.21. The molecule has 0 unspecified atom stereocenters. The van der Waals surface area contributed by atoms with Crippen molar-refractivity contribution in [3.05, 3.63) is 35.5 Å². The molecule has 0 radical (unpaired) electrons. The first-order valence-corrected chi connectivity index (χ1v) is 5.58. The van der Waals surface area contributed by atoms with Crippen molar-refractivity contribution in [2.45, 2.75) is 25.9 Å². The summed E-state index contributed by atoms with van der Waals surface area (Å²) in [5, 5.41) is 4.51. The fraction of sp³-hybridized carbons (Fsp3) is 0.308. The molecule has 0 fully saturated rings. The van der Waals surface area contributed by atoms with Gasteiger partial charge in [0.25, 0.3) is 0 Å². The molecule has 0 saturated carbocycles. The highest BCUT2D eigenvalue weighted by Crippen LogP contribution is 2.26. The van der Waals surface area contributed by atoms with Gasteiger partial charge in [0, 0.05) is 23.1 Å². The summed E-state index contributed by atoms with van der Waals surface area (Å²) in [5.74, 6) is 0.218. The fourth-order valence-electron chi connectivity index (χ4n) is 2.43. The van der Waals surface area contributed by atoms with Crippen molar-refractivity contribution in [1.82, 2.24) is 10.3 Å². The first-order valence-electron chi connectivity index (χ1n) is 5.58. The van der Waals surface area contributed by atoms with Crippen LogP contribution in [0.15, 0.2) is 24.3 Å². The van der Waals surface area contributed by atoms with Crippen LogP contribution in [0.1, 0.15) is 18.2 Å². The van der Waals surface area contributed by atoms with Crippen molar-refractivity contribution in [3.8, 4) is 0 Å². The number of hydrogen-bond donors (Lipinski definition) is 2. The fourth-order valence-corrected chi connectivity index (χ4v) is 2.43. The number of nitrogens with one attached hydrogen (secondary N) is 2. The van der Waals surface area contributed by atoms with E-state index in [0.717, 1.165) is 13.0 Å². The minimum absolute atomic E-state index is 0.0216. The van der Waals surface area contributed by atoms with E-state index in [2.05, 4.69) is 22.4 Å². The molecule has 0 saturated heterocycles. The Bertz CT molecular complexity index is 556. The molecular formula is C13H14N2O. The van der Waals surface area contributed by atoms with Crippen molar-refractivity contribution in [2.24, 2.45) is 0 Å². The summed E-state index contributed by atoms with van der Waals surface area (Å²) in [6, 6.07) is 8.25. The third kappa shape index (κ3) is 1.36. The molecule has 82 valence electrons. The van der Waals surface area contributed by atoms with Gasteiger partial charge in [-0.25, -0.2) is 0 Å². The second-order valence-electron chi connectivity index (χ2n) is 4.38. The van der Waals surface area contributed by atoms with Crippen LogP contribution in [0.4, 0.5) is 0 Å². The number of hydrogen-bond acceptors (Lipinski definition) is 2. The molecule has 3 heteroatoms. The smallest absolute Gasteiger partial charge is 0.147 e. The summed E-state index contributed by atoms with van der Waals surface area (Å²) >= 11 is 0. The number of rotatable bonds is 1. The van der Waals surface area contributed by atoms with Crippen molar-refractivity contribution in [3.63, 3.8) is 0 Å². The van der Waals surface area contributed by atoms with Crippen LogP contribution in [0.3, 0.4) is 0 Å². The molecule has 1 atom stereocenters. The average molecular weight is 214 g/mol. The highest BCUT2D eigenvalue weighted by Gasteiger charge is 2.24. The number of fused-ring (bicyclic) bond motifs is 3. The Labute approximate surface area is 93.9 Å². The summed E-state index contributed by atoms with van der Waals surface area (Å²) in [4.78, 5) is 14.8. The number of benzene rings is 1. The van der Waals surface area contributed by atoms with Crippen molar-refractivity contribution in [1.29, 1.82) is 0 Å². The van der Waals surface area contributed by atoms with Crippen LogP contribution in [0, 0.1) is 0 Å². The van der Waals surface area contributed by atoms with Crippen molar-refractivity contribution >= 4 is 16.7 Å². The topological polar surface area (TPSA) is 44.9 Å². The lowest BCUT2D eigenvalue weighted by molar-refractivity contribution is -0.119. The minimum Gasteiger partial charge on any atom is -0.357 e. The van der Waals surface area contributed by atoms with Crippen molar-refractivity contribution < 1.29 is 4.79 Å². The molecule has 1 aliphatic heterocycles. The Morgan fingerprint density at radius 3 is 3.00 bits per heavy atom. The van der Waals surface area contributed by atoms with Crippen LogP contribution in [-0.2, 0) is 17.8 Å². The molecule has 3 nitrogen and oxygen atoms in total. The van der Waals surface area contributed by atoms with Gasteiger partial charge in [-0.3, -0.25) is 4.79 Å². The van der Waals surface area contributed by atoms with Gasteiger partial charge in [0.15, 0.2) is 0 Å². The summed E-state index contributed by atoms with van der Waals surface area (Å²) < 4.78 is 0. The molecule has 2 N–H and O–H groups in total. The van der Waals surface area contributed by atoms with E-state index in [1.165, 1.54) is 22.2 Å². The number of Topliss-reactive ketones (excluding diaryl/α,β-unsaturated/α-hetero) is 1. The SMILES string of the molecule is CC(=O)[C@@H]1Cc2c([nH]c3ccccc23)CN1. The minimum atomic E-state index is -0.0216. The molecule has 3 rings (SSSR count). The highest BCUT2D eigenvalue weighted by atomic mass is 16.1.